The van der Waals surface area contributed by atoms with Crippen LogP contribution in [0.1, 0.15) is 37.6 Å². The van der Waals surface area contributed by atoms with Crippen molar-refractivity contribution in [2.45, 2.75) is 45.7 Å². The van der Waals surface area contributed by atoms with Gasteiger partial charge in [0.05, 0.1) is 31.9 Å². The monoisotopic (exact) mass is 545 g/mol. The molecule has 9 nitrogen and oxygen atoms in total. The van der Waals surface area contributed by atoms with E-state index in [1.54, 1.807) is 0 Å². The zero-order valence-electron chi connectivity index (χ0n) is 22.3. The molecule has 0 N–H and O–H groups in total. The molecule has 4 heterocycles. The Kier molecular flexibility index (Phi) is 8.39. The largest absolute Gasteiger partial charge is 0.541 e. The van der Waals surface area contributed by atoms with E-state index in [0.717, 1.165) is 24.8 Å². The number of fused-ring (bicyclic) bond motifs is 1. The first-order valence-corrected chi connectivity index (χ1v) is 15.7. The molecular weight excluding hydrogens is 510 g/mol. The number of ether oxygens (including phenoxy) is 2. The van der Waals surface area contributed by atoms with E-state index in [2.05, 4.69) is 21.7 Å². The van der Waals surface area contributed by atoms with E-state index in [9.17, 15) is 8.78 Å². The van der Waals surface area contributed by atoms with Gasteiger partial charge < -0.3 is 23.7 Å². The van der Waals surface area contributed by atoms with Crippen molar-refractivity contribution >= 4 is 31.7 Å². The zero-order valence-corrected chi connectivity index (χ0v) is 23.3. The summed E-state index contributed by atoms with van der Waals surface area (Å²) in [6.07, 6.45) is -0.00728. The Bertz CT molecular complexity index is 1210. The van der Waals surface area contributed by atoms with Crippen LogP contribution < -0.4 is 14.2 Å². The molecule has 0 bridgehead atoms. The maximum Gasteiger partial charge on any atom is 0.296 e. The lowest BCUT2D eigenvalue weighted by atomic mass is 10.1. The van der Waals surface area contributed by atoms with Gasteiger partial charge in [0, 0.05) is 32.2 Å². The molecule has 0 amide bonds. The highest BCUT2D eigenvalue weighted by atomic mass is 28.3. The SMILES string of the molecule is CCCCc1ccc2c(nc(C(F)F)n2-c2nc(N3CCOCC3)cc(N3CCOCC3)n2)c1O[Si](C)C. The van der Waals surface area contributed by atoms with Gasteiger partial charge in [-0.25, -0.2) is 13.8 Å². The quantitative estimate of drug-likeness (QED) is 0.366. The first-order valence-electron chi connectivity index (χ1n) is 13.3. The summed E-state index contributed by atoms with van der Waals surface area (Å²) >= 11 is 0. The lowest BCUT2D eigenvalue weighted by Gasteiger charge is -2.31. The Hall–Kier alpha value is -2.83. The van der Waals surface area contributed by atoms with Crippen molar-refractivity contribution in [2.24, 2.45) is 0 Å². The van der Waals surface area contributed by atoms with Crippen LogP contribution >= 0.6 is 0 Å². The summed E-state index contributed by atoms with van der Waals surface area (Å²) in [5.74, 6) is 1.77. The van der Waals surface area contributed by atoms with Gasteiger partial charge in [-0.15, -0.1) is 0 Å². The molecule has 2 aliphatic heterocycles. The molecule has 0 aliphatic carbocycles. The van der Waals surface area contributed by atoms with Crippen molar-refractivity contribution in [3.8, 4) is 11.7 Å². The normalized spacial score (nSPS) is 16.7. The third-order valence-corrected chi connectivity index (χ3v) is 7.36. The van der Waals surface area contributed by atoms with Crippen LogP contribution in [0.25, 0.3) is 17.0 Å². The Morgan fingerprint density at radius 2 is 1.55 bits per heavy atom. The second-order valence-electron chi connectivity index (χ2n) is 9.72. The summed E-state index contributed by atoms with van der Waals surface area (Å²) in [5.41, 5.74) is 1.95. The van der Waals surface area contributed by atoms with E-state index in [-0.39, 0.29) is 11.8 Å². The minimum atomic E-state index is -2.81. The van der Waals surface area contributed by atoms with E-state index in [1.807, 2.05) is 31.3 Å². The Morgan fingerprint density at radius 3 is 2.08 bits per heavy atom. The summed E-state index contributed by atoms with van der Waals surface area (Å²) in [6, 6.07) is 5.75. The van der Waals surface area contributed by atoms with Crippen molar-refractivity contribution in [2.75, 3.05) is 62.4 Å². The summed E-state index contributed by atoms with van der Waals surface area (Å²) < 4.78 is 47.8. The van der Waals surface area contributed by atoms with Crippen LogP contribution in [0.4, 0.5) is 20.4 Å². The fraction of sp³-hybridized carbons (Fsp3) is 0.577. The van der Waals surface area contributed by atoms with Crippen LogP contribution in [0.2, 0.25) is 13.1 Å². The molecule has 2 aromatic heterocycles. The Balaban J connectivity index is 1.69. The fourth-order valence-corrected chi connectivity index (χ4v) is 5.47. The van der Waals surface area contributed by atoms with E-state index in [1.165, 1.54) is 4.57 Å². The Labute approximate surface area is 223 Å². The molecule has 0 atom stereocenters. The van der Waals surface area contributed by atoms with Crippen LogP contribution in [0.15, 0.2) is 18.2 Å². The molecule has 0 spiro atoms. The van der Waals surface area contributed by atoms with E-state index in [0.29, 0.717) is 81.0 Å². The molecule has 3 aromatic rings. The predicted octanol–water partition coefficient (Wildman–Crippen LogP) is 4.40. The first-order chi connectivity index (χ1) is 18.5. The summed E-state index contributed by atoms with van der Waals surface area (Å²) in [5, 5.41) is 0. The number of hydrogen-bond donors (Lipinski definition) is 0. The molecular formula is C26H35F2N6O3Si. The number of rotatable bonds is 9. The number of hydrogen-bond acceptors (Lipinski definition) is 8. The Morgan fingerprint density at radius 1 is 0.947 bits per heavy atom. The van der Waals surface area contributed by atoms with Gasteiger partial charge in [-0.3, -0.25) is 4.57 Å². The molecule has 38 heavy (non-hydrogen) atoms. The topological polar surface area (TPSA) is 77.8 Å². The van der Waals surface area contributed by atoms with Gasteiger partial charge in [0.15, 0.2) is 5.82 Å². The average molecular weight is 546 g/mol. The van der Waals surface area contributed by atoms with Crippen molar-refractivity contribution in [1.82, 2.24) is 19.5 Å². The minimum absolute atomic E-state index is 0.180. The van der Waals surface area contributed by atoms with Crippen LogP contribution in [0, 0.1) is 0 Å². The number of unbranched alkanes of at least 4 members (excludes halogenated alkanes) is 1. The fourth-order valence-electron chi connectivity index (χ4n) is 4.84. The number of aromatic nitrogens is 4. The number of benzene rings is 1. The number of halogens is 2. The van der Waals surface area contributed by atoms with Gasteiger partial charge in [-0.05, 0) is 37.6 Å². The number of morpholine rings is 2. The van der Waals surface area contributed by atoms with Crippen molar-refractivity contribution in [1.29, 1.82) is 0 Å². The van der Waals surface area contributed by atoms with Crippen LogP contribution in [-0.4, -0.2) is 81.2 Å². The van der Waals surface area contributed by atoms with E-state index in [4.69, 9.17) is 23.9 Å². The lowest BCUT2D eigenvalue weighted by molar-refractivity contribution is 0.122. The number of nitrogens with zero attached hydrogens (tertiary/aromatic N) is 6. The number of alkyl halides is 2. The molecule has 5 rings (SSSR count). The smallest absolute Gasteiger partial charge is 0.296 e. The third-order valence-electron chi connectivity index (χ3n) is 6.75. The molecule has 0 unspecified atom stereocenters. The highest BCUT2D eigenvalue weighted by Gasteiger charge is 2.27. The number of imidazole rings is 1. The standard InChI is InChI=1S/C26H35F2N6O3Si/c1-4-5-6-18-7-8-19-22(23(18)37-38(2)3)31-25(24(27)28)34(19)26-29-20(32-9-13-35-14-10-32)17-21(30-26)33-11-15-36-16-12-33/h7-8,17,24H,4-6,9-16H2,1-3H3. The van der Waals surface area contributed by atoms with E-state index < -0.39 is 15.5 Å². The van der Waals surface area contributed by atoms with Crippen LogP contribution in [0.5, 0.6) is 5.75 Å². The second-order valence-corrected chi connectivity index (χ2v) is 11.7. The van der Waals surface area contributed by atoms with Gasteiger partial charge in [-0.2, -0.15) is 9.97 Å². The van der Waals surface area contributed by atoms with Crippen LogP contribution in [-0.2, 0) is 15.9 Å². The molecule has 2 aliphatic rings. The average Bonchev–Trinajstić information content (AvgIpc) is 3.34. The summed E-state index contributed by atoms with van der Waals surface area (Å²) in [6.45, 7) is 11.2. The minimum Gasteiger partial charge on any atom is -0.541 e. The molecule has 1 aromatic carbocycles. The lowest BCUT2D eigenvalue weighted by Crippen LogP contribution is -2.39. The van der Waals surface area contributed by atoms with Gasteiger partial charge in [0.1, 0.15) is 22.9 Å². The second kappa shape index (κ2) is 11.9. The maximum atomic E-state index is 14.5. The highest BCUT2D eigenvalue weighted by molar-refractivity contribution is 6.49. The molecule has 0 saturated carbocycles. The van der Waals surface area contributed by atoms with Crippen LogP contribution in [0.3, 0.4) is 0 Å². The maximum absolute atomic E-state index is 14.5. The predicted molar refractivity (Wildman–Crippen MR) is 144 cm³/mol. The highest BCUT2D eigenvalue weighted by Crippen LogP contribution is 2.36. The molecule has 2 fully saturated rings. The number of aryl methyl sites for hydroxylation is 1. The first kappa shape index (κ1) is 26.8. The molecule has 205 valence electrons. The molecule has 2 saturated heterocycles. The van der Waals surface area contributed by atoms with Gasteiger partial charge in [0.25, 0.3) is 15.5 Å². The molecule has 12 heteroatoms. The summed E-state index contributed by atoms with van der Waals surface area (Å²) in [4.78, 5) is 18.3. The van der Waals surface area contributed by atoms with Gasteiger partial charge >= 0.3 is 0 Å². The summed E-state index contributed by atoms with van der Waals surface area (Å²) in [7, 11) is -1.16. The third kappa shape index (κ3) is 5.62. The van der Waals surface area contributed by atoms with E-state index >= 15 is 0 Å². The zero-order chi connectivity index (χ0) is 26.6. The number of anilines is 2. The van der Waals surface area contributed by atoms with Crippen molar-refractivity contribution in [3.63, 3.8) is 0 Å². The van der Waals surface area contributed by atoms with Gasteiger partial charge in [-0.1, -0.05) is 19.4 Å². The van der Waals surface area contributed by atoms with Crippen molar-refractivity contribution < 1.29 is 22.7 Å². The molecule has 1 radical (unpaired) electrons. The van der Waals surface area contributed by atoms with Gasteiger partial charge in [0.2, 0.25) is 5.95 Å². The van der Waals surface area contributed by atoms with Crippen molar-refractivity contribution in [3.05, 3.63) is 29.6 Å².